The van der Waals surface area contributed by atoms with E-state index in [0.29, 0.717) is 35.5 Å². The van der Waals surface area contributed by atoms with Gasteiger partial charge < -0.3 is 10.2 Å². The molecule has 0 amide bonds. The van der Waals surface area contributed by atoms with Gasteiger partial charge in [-0.15, -0.1) is 15.0 Å². The van der Waals surface area contributed by atoms with Crippen molar-refractivity contribution in [3.63, 3.8) is 0 Å². The van der Waals surface area contributed by atoms with Crippen LogP contribution in [0.2, 0.25) is 0 Å². The maximum absolute atomic E-state index is 12.1. The van der Waals surface area contributed by atoms with E-state index in [-0.39, 0.29) is 38.6 Å². The van der Waals surface area contributed by atoms with E-state index < -0.39 is 0 Å². The lowest BCUT2D eigenvalue weighted by Gasteiger charge is -2.38. The molecule has 0 radical (unpaired) electrons. The fourth-order valence-corrected chi connectivity index (χ4v) is 8.26. The average Bonchev–Trinajstić information content (AvgIpc) is 3.44. The SMILES string of the molecule is CC(C)(C)CC(C)(C)c1cc(Cc2cc(C(C)(C)CC(C)(C)C)cc(-n3nc4ccccc4n3)c2O)c(O)c(N2N=C3C=CC=CC3(C)CN2)c1. The average molecular weight is 689 g/mol. The lowest BCUT2D eigenvalue weighted by Crippen LogP contribution is -2.50. The van der Waals surface area contributed by atoms with Crippen LogP contribution in [0.5, 0.6) is 11.5 Å². The standard InChI is InChI=1S/C43H56N6O2/c1-39(2,3)25-41(7,8)30-21-28(37(50)34(23-30)48-44-27-43(11)19-15-14-18-36(43)47-48)20-29-22-31(42(9,10)26-40(4,5)6)24-35(38(29)51)49-45-32-16-12-13-17-33(32)46-49/h12-19,21-24,44,50-51H,20,25-27H2,1-11H3. The molecule has 51 heavy (non-hydrogen) atoms. The second-order valence-corrected chi connectivity index (χ2v) is 18.7. The van der Waals surface area contributed by atoms with Gasteiger partial charge in [0.2, 0.25) is 0 Å². The summed E-state index contributed by atoms with van der Waals surface area (Å²) in [6.45, 7) is 25.4. The third-order valence-corrected chi connectivity index (χ3v) is 10.2. The number of hydrogen-bond donors (Lipinski definition) is 3. The Morgan fingerprint density at radius 1 is 0.725 bits per heavy atom. The predicted octanol–water partition coefficient (Wildman–Crippen LogP) is 9.66. The maximum Gasteiger partial charge on any atom is 0.146 e. The molecule has 0 spiro atoms. The van der Waals surface area contributed by atoms with Crippen LogP contribution in [0.15, 0.2) is 77.9 Å². The summed E-state index contributed by atoms with van der Waals surface area (Å²) in [6.07, 6.45) is 10.4. The Morgan fingerprint density at radius 2 is 1.24 bits per heavy atom. The number of phenols is 2. The zero-order valence-corrected chi connectivity index (χ0v) is 32.4. The molecule has 1 aromatic heterocycles. The molecule has 8 heteroatoms. The monoisotopic (exact) mass is 688 g/mol. The third kappa shape index (κ3) is 7.62. The van der Waals surface area contributed by atoms with Crippen LogP contribution < -0.4 is 10.5 Å². The van der Waals surface area contributed by atoms with Gasteiger partial charge in [0.05, 0.1) is 5.71 Å². The van der Waals surface area contributed by atoms with Crippen LogP contribution in [-0.4, -0.2) is 37.5 Å². The second-order valence-electron chi connectivity index (χ2n) is 18.7. The van der Waals surface area contributed by atoms with Gasteiger partial charge in [0.25, 0.3) is 0 Å². The van der Waals surface area contributed by atoms with Crippen molar-refractivity contribution in [3.05, 3.63) is 95.1 Å². The van der Waals surface area contributed by atoms with Crippen molar-refractivity contribution >= 4 is 22.4 Å². The second kappa shape index (κ2) is 12.7. The number of anilines is 1. The maximum atomic E-state index is 12.1. The molecule has 8 nitrogen and oxygen atoms in total. The van der Waals surface area contributed by atoms with Crippen LogP contribution >= 0.6 is 0 Å². The largest absolute Gasteiger partial charge is 0.505 e. The zero-order valence-electron chi connectivity index (χ0n) is 32.4. The molecule has 0 saturated heterocycles. The first kappa shape index (κ1) is 36.4. The molecule has 4 aromatic rings. The summed E-state index contributed by atoms with van der Waals surface area (Å²) in [6, 6.07) is 16.0. The van der Waals surface area contributed by atoms with Crippen molar-refractivity contribution < 1.29 is 10.2 Å². The molecule has 6 rings (SSSR count). The smallest absolute Gasteiger partial charge is 0.146 e. The Morgan fingerprint density at radius 3 is 1.76 bits per heavy atom. The van der Waals surface area contributed by atoms with Gasteiger partial charge in [-0.3, -0.25) is 0 Å². The lowest BCUT2D eigenvalue weighted by molar-refractivity contribution is 0.283. The molecule has 1 unspecified atom stereocenters. The Kier molecular flexibility index (Phi) is 9.02. The number of hydrogen-bond acceptors (Lipinski definition) is 7. The molecule has 2 aliphatic rings. The minimum absolute atomic E-state index is 0.0722. The van der Waals surface area contributed by atoms with Gasteiger partial charge in [-0.1, -0.05) is 112 Å². The van der Waals surface area contributed by atoms with E-state index in [0.717, 1.165) is 40.7 Å². The number of rotatable bonds is 8. The number of hydrazine groups is 1. The minimum Gasteiger partial charge on any atom is -0.505 e. The number of hydrazone groups is 1. The normalized spacial score (nSPS) is 18.3. The lowest BCUT2D eigenvalue weighted by atomic mass is 9.71. The first-order valence-electron chi connectivity index (χ1n) is 18.2. The highest BCUT2D eigenvalue weighted by atomic mass is 16.3. The summed E-state index contributed by atoms with van der Waals surface area (Å²) >= 11 is 0. The van der Waals surface area contributed by atoms with Gasteiger partial charge in [-0.25, -0.2) is 5.43 Å². The Labute approximate surface area is 303 Å². The highest BCUT2D eigenvalue weighted by molar-refractivity contribution is 6.03. The summed E-state index contributed by atoms with van der Waals surface area (Å²) < 4.78 is 0. The fraction of sp³-hybridized carbons (Fsp3) is 0.465. The van der Waals surface area contributed by atoms with Crippen molar-refractivity contribution in [2.45, 2.75) is 106 Å². The van der Waals surface area contributed by atoms with E-state index in [1.54, 1.807) is 9.91 Å². The molecule has 0 fully saturated rings. The molecule has 1 atom stereocenters. The molecule has 0 bridgehead atoms. The van der Waals surface area contributed by atoms with Gasteiger partial charge in [-0.05, 0) is 82.9 Å². The van der Waals surface area contributed by atoms with E-state index in [1.807, 2.05) is 42.5 Å². The van der Waals surface area contributed by atoms with Gasteiger partial charge in [0.15, 0.2) is 0 Å². The van der Waals surface area contributed by atoms with Gasteiger partial charge >= 0.3 is 0 Å². The van der Waals surface area contributed by atoms with Gasteiger partial charge in [0, 0.05) is 29.5 Å². The van der Waals surface area contributed by atoms with E-state index in [9.17, 15) is 10.2 Å². The molecular weight excluding hydrogens is 633 g/mol. The molecular formula is C43H56N6O2. The minimum atomic E-state index is -0.235. The molecule has 1 aliphatic carbocycles. The van der Waals surface area contributed by atoms with Crippen LogP contribution in [0.3, 0.4) is 0 Å². The van der Waals surface area contributed by atoms with Crippen LogP contribution in [0.25, 0.3) is 16.7 Å². The number of benzene rings is 3. The van der Waals surface area contributed by atoms with Crippen molar-refractivity contribution in [3.8, 4) is 17.2 Å². The van der Waals surface area contributed by atoms with E-state index >= 15 is 0 Å². The van der Waals surface area contributed by atoms with Crippen LogP contribution in [0, 0.1) is 16.2 Å². The van der Waals surface area contributed by atoms with Crippen molar-refractivity contribution in [2.75, 3.05) is 11.7 Å². The van der Waals surface area contributed by atoms with Gasteiger partial charge in [0.1, 0.15) is 33.9 Å². The van der Waals surface area contributed by atoms with E-state index in [1.165, 1.54) is 0 Å². The summed E-state index contributed by atoms with van der Waals surface area (Å²) in [5, 5.41) is 40.4. The molecule has 0 saturated carbocycles. The van der Waals surface area contributed by atoms with Crippen molar-refractivity contribution in [1.82, 2.24) is 20.4 Å². The zero-order chi connectivity index (χ0) is 37.1. The van der Waals surface area contributed by atoms with Gasteiger partial charge in [-0.2, -0.15) is 10.2 Å². The first-order valence-corrected chi connectivity index (χ1v) is 18.2. The summed E-state index contributed by atoms with van der Waals surface area (Å²) in [7, 11) is 0. The topological polar surface area (TPSA) is 98.8 Å². The van der Waals surface area contributed by atoms with Crippen LogP contribution in [-0.2, 0) is 17.3 Å². The van der Waals surface area contributed by atoms with Crippen molar-refractivity contribution in [1.29, 1.82) is 0 Å². The Bertz CT molecular complexity index is 2020. The first-order chi connectivity index (χ1) is 23.6. The number of aromatic nitrogens is 3. The number of nitrogens with one attached hydrogen (secondary N) is 1. The van der Waals surface area contributed by atoms with E-state index in [4.69, 9.17) is 15.3 Å². The Balaban J connectivity index is 1.53. The van der Waals surface area contributed by atoms with Crippen molar-refractivity contribution in [2.24, 2.45) is 21.3 Å². The quantitative estimate of drug-likeness (QED) is 0.171. The molecule has 270 valence electrons. The summed E-state index contributed by atoms with van der Waals surface area (Å²) in [5.74, 6) is 0.224. The summed E-state index contributed by atoms with van der Waals surface area (Å²) in [4.78, 5) is 1.55. The number of allylic oxidation sites excluding steroid dienone is 3. The predicted molar refractivity (Wildman–Crippen MR) is 210 cm³/mol. The fourth-order valence-electron chi connectivity index (χ4n) is 8.26. The molecule has 2 heterocycles. The highest BCUT2D eigenvalue weighted by Gasteiger charge is 2.36. The molecule has 1 aliphatic heterocycles. The van der Waals surface area contributed by atoms with Crippen LogP contribution in [0.4, 0.5) is 5.69 Å². The summed E-state index contributed by atoms with van der Waals surface area (Å²) in [5.41, 5.74) is 10.1. The molecule has 3 N–H and O–H groups in total. The Hall–Kier alpha value is -4.43. The highest BCUT2D eigenvalue weighted by Crippen LogP contribution is 2.45. The molecule has 3 aromatic carbocycles. The third-order valence-electron chi connectivity index (χ3n) is 10.2. The van der Waals surface area contributed by atoms with E-state index in [2.05, 4.69) is 112 Å². The van der Waals surface area contributed by atoms with Crippen LogP contribution in [0.1, 0.15) is 111 Å². The number of phenolic OH excluding ortho intramolecular Hbond substituents is 2. The number of nitrogens with zero attached hydrogens (tertiary/aromatic N) is 5. The number of fused-ring (bicyclic) bond motifs is 2. The number of aromatic hydroxyl groups is 2.